The third-order valence-electron chi connectivity index (χ3n) is 3.60. The van der Waals surface area contributed by atoms with Crippen molar-refractivity contribution in [2.75, 3.05) is 25.2 Å². The van der Waals surface area contributed by atoms with Crippen molar-refractivity contribution in [1.29, 1.82) is 0 Å². The topological polar surface area (TPSA) is 41.9 Å². The normalized spacial score (nSPS) is 25.2. The minimum absolute atomic E-state index is 0.198. The highest BCUT2D eigenvalue weighted by atomic mass is 16.5. The van der Waals surface area contributed by atoms with Crippen LogP contribution in [0.4, 0.5) is 5.69 Å². The van der Waals surface area contributed by atoms with Crippen molar-refractivity contribution < 1.29 is 14.6 Å². The zero-order chi connectivity index (χ0) is 14.0. The third-order valence-corrected chi connectivity index (χ3v) is 3.60. The van der Waals surface area contributed by atoms with Gasteiger partial charge in [0.2, 0.25) is 0 Å². The van der Waals surface area contributed by atoms with E-state index in [0.717, 1.165) is 23.5 Å². The number of rotatable bonds is 3. The second-order valence-corrected chi connectivity index (χ2v) is 5.21. The maximum absolute atomic E-state index is 10.1. The van der Waals surface area contributed by atoms with Crippen molar-refractivity contribution in [3.05, 3.63) is 23.8 Å². The van der Waals surface area contributed by atoms with Crippen LogP contribution < -0.4 is 9.64 Å². The van der Waals surface area contributed by atoms with Crippen molar-refractivity contribution in [3.8, 4) is 5.75 Å². The molecule has 106 valence electrons. The molecule has 1 aromatic rings. The van der Waals surface area contributed by atoms with Gasteiger partial charge in [-0.15, -0.1) is 0 Å². The van der Waals surface area contributed by atoms with Crippen LogP contribution in [-0.4, -0.2) is 37.5 Å². The van der Waals surface area contributed by atoms with Crippen LogP contribution in [0.1, 0.15) is 32.4 Å². The first-order valence-electron chi connectivity index (χ1n) is 6.77. The van der Waals surface area contributed by atoms with Gasteiger partial charge in [-0.1, -0.05) is 6.07 Å². The molecule has 1 aromatic carbocycles. The lowest BCUT2D eigenvalue weighted by molar-refractivity contribution is 0.0341. The van der Waals surface area contributed by atoms with Gasteiger partial charge in [0, 0.05) is 23.8 Å². The van der Waals surface area contributed by atoms with Gasteiger partial charge in [-0.2, -0.15) is 0 Å². The quantitative estimate of drug-likeness (QED) is 0.911. The smallest absolute Gasteiger partial charge is 0.126 e. The fourth-order valence-electron chi connectivity index (χ4n) is 2.62. The van der Waals surface area contributed by atoms with Gasteiger partial charge in [0.05, 0.1) is 25.9 Å². The number of benzene rings is 1. The summed E-state index contributed by atoms with van der Waals surface area (Å²) in [5.74, 6) is 0.735. The van der Waals surface area contributed by atoms with Crippen LogP contribution in [-0.2, 0) is 4.74 Å². The molecule has 1 aliphatic rings. The summed E-state index contributed by atoms with van der Waals surface area (Å²) >= 11 is 0. The Hall–Kier alpha value is -1.26. The highest BCUT2D eigenvalue weighted by Crippen LogP contribution is 2.36. The fraction of sp³-hybridized carbons (Fsp3) is 0.600. The van der Waals surface area contributed by atoms with Gasteiger partial charge in [0.25, 0.3) is 0 Å². The minimum Gasteiger partial charge on any atom is -0.496 e. The molecule has 0 amide bonds. The van der Waals surface area contributed by atoms with E-state index in [1.54, 1.807) is 14.0 Å². The molecule has 1 aliphatic heterocycles. The molecule has 2 unspecified atom stereocenters. The maximum Gasteiger partial charge on any atom is 0.126 e. The molecule has 1 heterocycles. The first-order chi connectivity index (χ1) is 9.04. The molecular formula is C15H23NO3. The zero-order valence-corrected chi connectivity index (χ0v) is 12.1. The number of anilines is 1. The van der Waals surface area contributed by atoms with Crippen molar-refractivity contribution in [2.45, 2.75) is 39.0 Å². The molecule has 4 nitrogen and oxygen atoms in total. The summed E-state index contributed by atoms with van der Waals surface area (Å²) in [6.45, 7) is 7.51. The van der Waals surface area contributed by atoms with E-state index in [2.05, 4.69) is 18.7 Å². The average Bonchev–Trinajstić information content (AvgIpc) is 2.40. The number of methoxy groups -OCH3 is 1. The lowest BCUT2D eigenvalue weighted by Gasteiger charge is -2.40. The summed E-state index contributed by atoms with van der Waals surface area (Å²) in [7, 11) is 1.64. The largest absolute Gasteiger partial charge is 0.496 e. The molecule has 1 N–H and O–H groups in total. The second kappa shape index (κ2) is 5.80. The van der Waals surface area contributed by atoms with Gasteiger partial charge < -0.3 is 19.5 Å². The summed E-state index contributed by atoms with van der Waals surface area (Å²) in [6.07, 6.45) is -0.360. The minimum atomic E-state index is -0.559. The molecule has 0 bridgehead atoms. The standard InChI is InChI=1S/C15H23NO3/c1-10-9-19-11(2)8-16(10)13-6-5-7-14(18-4)15(13)12(3)17/h5-7,10-12,17H,8-9H2,1-4H3/t10?,11?,12-/m1/s1. The lowest BCUT2D eigenvalue weighted by atomic mass is 10.0. The van der Waals surface area contributed by atoms with E-state index in [1.165, 1.54) is 0 Å². The van der Waals surface area contributed by atoms with E-state index in [1.807, 2.05) is 18.2 Å². The number of morpholine rings is 1. The van der Waals surface area contributed by atoms with E-state index in [0.29, 0.717) is 12.6 Å². The Morgan fingerprint density at radius 3 is 2.79 bits per heavy atom. The molecule has 0 aliphatic carbocycles. The Morgan fingerprint density at radius 2 is 2.16 bits per heavy atom. The monoisotopic (exact) mass is 265 g/mol. The van der Waals surface area contributed by atoms with Crippen molar-refractivity contribution in [3.63, 3.8) is 0 Å². The van der Waals surface area contributed by atoms with E-state index < -0.39 is 6.10 Å². The van der Waals surface area contributed by atoms with E-state index in [-0.39, 0.29) is 6.10 Å². The van der Waals surface area contributed by atoms with Gasteiger partial charge in [-0.3, -0.25) is 0 Å². The molecule has 0 saturated carbocycles. The summed E-state index contributed by atoms with van der Waals surface area (Å²) in [6, 6.07) is 6.19. The van der Waals surface area contributed by atoms with Crippen LogP contribution in [0.5, 0.6) is 5.75 Å². The molecule has 1 saturated heterocycles. The first-order valence-corrected chi connectivity index (χ1v) is 6.77. The van der Waals surface area contributed by atoms with Crippen LogP contribution in [0.2, 0.25) is 0 Å². The SMILES string of the molecule is COc1cccc(N2CC(C)OCC2C)c1[C@@H](C)O. The molecule has 4 heteroatoms. The maximum atomic E-state index is 10.1. The third kappa shape index (κ3) is 2.85. The summed E-state index contributed by atoms with van der Waals surface area (Å²) in [4.78, 5) is 2.29. The molecular weight excluding hydrogens is 242 g/mol. The van der Waals surface area contributed by atoms with Gasteiger partial charge in [0.1, 0.15) is 5.75 Å². The summed E-state index contributed by atoms with van der Waals surface area (Å²) in [5, 5.41) is 10.1. The van der Waals surface area contributed by atoms with E-state index >= 15 is 0 Å². The highest BCUT2D eigenvalue weighted by Gasteiger charge is 2.27. The van der Waals surface area contributed by atoms with Crippen molar-refractivity contribution in [2.24, 2.45) is 0 Å². The van der Waals surface area contributed by atoms with Crippen molar-refractivity contribution in [1.82, 2.24) is 0 Å². The van der Waals surface area contributed by atoms with E-state index in [9.17, 15) is 5.11 Å². The van der Waals surface area contributed by atoms with E-state index in [4.69, 9.17) is 9.47 Å². The molecule has 0 spiro atoms. The average molecular weight is 265 g/mol. The Labute approximate surface area is 114 Å². The van der Waals surface area contributed by atoms with Crippen LogP contribution in [0, 0.1) is 0 Å². The van der Waals surface area contributed by atoms with Gasteiger partial charge in [-0.05, 0) is 32.9 Å². The zero-order valence-electron chi connectivity index (χ0n) is 12.1. The van der Waals surface area contributed by atoms with Gasteiger partial charge in [-0.25, -0.2) is 0 Å². The summed E-state index contributed by atoms with van der Waals surface area (Å²) in [5.41, 5.74) is 1.89. The lowest BCUT2D eigenvalue weighted by Crippen LogP contribution is -2.47. The summed E-state index contributed by atoms with van der Waals surface area (Å²) < 4.78 is 11.0. The van der Waals surface area contributed by atoms with Crippen molar-refractivity contribution >= 4 is 5.69 Å². The number of nitrogens with zero attached hydrogens (tertiary/aromatic N) is 1. The molecule has 3 atom stereocenters. The molecule has 19 heavy (non-hydrogen) atoms. The Balaban J connectivity index is 2.43. The predicted octanol–water partition coefficient (Wildman–Crippen LogP) is 2.36. The number of aliphatic hydroxyl groups excluding tert-OH is 1. The second-order valence-electron chi connectivity index (χ2n) is 5.21. The highest BCUT2D eigenvalue weighted by molar-refractivity contribution is 5.61. The fourth-order valence-corrected chi connectivity index (χ4v) is 2.62. The Bertz CT molecular complexity index is 433. The predicted molar refractivity (Wildman–Crippen MR) is 75.8 cm³/mol. The van der Waals surface area contributed by atoms with Crippen LogP contribution in [0.3, 0.4) is 0 Å². The van der Waals surface area contributed by atoms with Gasteiger partial charge >= 0.3 is 0 Å². The number of hydrogen-bond donors (Lipinski definition) is 1. The molecule has 0 aromatic heterocycles. The Morgan fingerprint density at radius 1 is 1.42 bits per heavy atom. The van der Waals surface area contributed by atoms with Crippen LogP contribution in [0.15, 0.2) is 18.2 Å². The van der Waals surface area contributed by atoms with Crippen LogP contribution in [0.25, 0.3) is 0 Å². The Kier molecular flexibility index (Phi) is 4.32. The first kappa shape index (κ1) is 14.2. The van der Waals surface area contributed by atoms with Gasteiger partial charge in [0.15, 0.2) is 0 Å². The number of ether oxygens (including phenoxy) is 2. The molecule has 2 rings (SSSR count). The number of hydrogen-bond acceptors (Lipinski definition) is 4. The van der Waals surface area contributed by atoms with Crippen LogP contribution >= 0.6 is 0 Å². The molecule has 1 fully saturated rings. The molecule has 0 radical (unpaired) electrons. The number of aliphatic hydroxyl groups is 1.